The van der Waals surface area contributed by atoms with Gasteiger partial charge < -0.3 is 10.6 Å². The SMILES string of the molecule is CCCCCNc1nncc(Nc2ccc(C(F)(F)F)cc2)n1. The second-order valence-electron chi connectivity index (χ2n) is 5.00. The van der Waals surface area contributed by atoms with Crippen molar-refractivity contribution in [2.75, 3.05) is 17.2 Å². The number of aromatic nitrogens is 3. The Morgan fingerprint density at radius 3 is 2.48 bits per heavy atom. The molecule has 2 N–H and O–H groups in total. The van der Waals surface area contributed by atoms with E-state index in [1.165, 1.54) is 18.3 Å². The highest BCUT2D eigenvalue weighted by Gasteiger charge is 2.29. The summed E-state index contributed by atoms with van der Waals surface area (Å²) < 4.78 is 37.5. The average Bonchev–Trinajstić information content (AvgIpc) is 2.52. The third-order valence-electron chi connectivity index (χ3n) is 3.11. The van der Waals surface area contributed by atoms with Gasteiger partial charge in [-0.3, -0.25) is 0 Å². The van der Waals surface area contributed by atoms with E-state index in [1.54, 1.807) is 0 Å². The first-order chi connectivity index (χ1) is 11.0. The Kier molecular flexibility index (Phi) is 5.72. The van der Waals surface area contributed by atoms with Crippen LogP contribution in [0.4, 0.5) is 30.6 Å². The minimum absolute atomic E-state index is 0.387. The van der Waals surface area contributed by atoms with Gasteiger partial charge in [0.05, 0.1) is 11.8 Å². The molecule has 0 bridgehead atoms. The van der Waals surface area contributed by atoms with E-state index in [-0.39, 0.29) is 0 Å². The van der Waals surface area contributed by atoms with Crippen molar-refractivity contribution in [1.82, 2.24) is 15.2 Å². The van der Waals surface area contributed by atoms with E-state index < -0.39 is 11.7 Å². The zero-order valence-electron chi connectivity index (χ0n) is 12.7. The first-order valence-corrected chi connectivity index (χ1v) is 7.37. The monoisotopic (exact) mass is 325 g/mol. The van der Waals surface area contributed by atoms with Crippen molar-refractivity contribution in [1.29, 1.82) is 0 Å². The van der Waals surface area contributed by atoms with Crippen LogP contribution in [0.15, 0.2) is 30.5 Å². The molecule has 23 heavy (non-hydrogen) atoms. The maximum absolute atomic E-state index is 12.5. The highest BCUT2D eigenvalue weighted by molar-refractivity contribution is 5.56. The van der Waals surface area contributed by atoms with Crippen molar-refractivity contribution in [3.63, 3.8) is 0 Å². The molecule has 0 fully saturated rings. The number of nitrogens with one attached hydrogen (secondary N) is 2. The van der Waals surface area contributed by atoms with Crippen LogP contribution in [0, 0.1) is 0 Å². The van der Waals surface area contributed by atoms with Crippen LogP contribution in [0.1, 0.15) is 31.7 Å². The molecule has 5 nitrogen and oxygen atoms in total. The lowest BCUT2D eigenvalue weighted by Gasteiger charge is -2.09. The fraction of sp³-hybridized carbons (Fsp3) is 0.400. The van der Waals surface area contributed by atoms with Crippen molar-refractivity contribution >= 4 is 17.5 Å². The number of hydrogen-bond acceptors (Lipinski definition) is 5. The van der Waals surface area contributed by atoms with Gasteiger partial charge in [-0.1, -0.05) is 19.8 Å². The number of anilines is 3. The van der Waals surface area contributed by atoms with E-state index in [0.29, 0.717) is 17.5 Å². The van der Waals surface area contributed by atoms with Gasteiger partial charge in [0, 0.05) is 12.2 Å². The van der Waals surface area contributed by atoms with Crippen LogP contribution in [-0.2, 0) is 6.18 Å². The van der Waals surface area contributed by atoms with Gasteiger partial charge in [0.25, 0.3) is 0 Å². The van der Waals surface area contributed by atoms with E-state index in [2.05, 4.69) is 32.7 Å². The summed E-state index contributed by atoms with van der Waals surface area (Å²) in [4.78, 5) is 4.22. The van der Waals surface area contributed by atoms with Gasteiger partial charge >= 0.3 is 6.18 Å². The number of nitrogens with zero attached hydrogens (tertiary/aromatic N) is 3. The molecule has 0 aliphatic rings. The number of unbranched alkanes of at least 4 members (excludes halogenated alkanes) is 2. The molecule has 0 saturated carbocycles. The quantitative estimate of drug-likeness (QED) is 0.746. The van der Waals surface area contributed by atoms with Crippen LogP contribution >= 0.6 is 0 Å². The number of benzene rings is 1. The smallest absolute Gasteiger partial charge is 0.353 e. The van der Waals surface area contributed by atoms with Crippen molar-refractivity contribution in [2.45, 2.75) is 32.4 Å². The Labute approximate surface area is 132 Å². The summed E-state index contributed by atoms with van der Waals surface area (Å²) in [5.74, 6) is 0.802. The van der Waals surface area contributed by atoms with Crippen molar-refractivity contribution in [3.05, 3.63) is 36.0 Å². The molecule has 124 valence electrons. The summed E-state index contributed by atoms with van der Waals surface area (Å²) in [5, 5.41) is 13.6. The Balaban J connectivity index is 1.97. The summed E-state index contributed by atoms with van der Waals surface area (Å²) in [7, 11) is 0. The van der Waals surface area contributed by atoms with Gasteiger partial charge in [0.1, 0.15) is 0 Å². The molecule has 0 spiro atoms. The average molecular weight is 325 g/mol. The normalized spacial score (nSPS) is 11.3. The summed E-state index contributed by atoms with van der Waals surface area (Å²) >= 11 is 0. The van der Waals surface area contributed by atoms with Crippen molar-refractivity contribution < 1.29 is 13.2 Å². The highest BCUT2D eigenvalue weighted by Crippen LogP contribution is 2.30. The van der Waals surface area contributed by atoms with Gasteiger partial charge in [-0.2, -0.15) is 23.3 Å². The molecule has 0 aliphatic carbocycles. The van der Waals surface area contributed by atoms with E-state index in [9.17, 15) is 13.2 Å². The minimum atomic E-state index is -4.34. The molecule has 2 aromatic rings. The predicted molar refractivity (Wildman–Crippen MR) is 82.6 cm³/mol. The van der Waals surface area contributed by atoms with Crippen LogP contribution in [0.3, 0.4) is 0 Å². The lowest BCUT2D eigenvalue weighted by molar-refractivity contribution is -0.137. The molecule has 8 heteroatoms. The van der Waals surface area contributed by atoms with E-state index >= 15 is 0 Å². The third kappa shape index (κ3) is 5.39. The first-order valence-electron chi connectivity index (χ1n) is 7.37. The van der Waals surface area contributed by atoms with Crippen LogP contribution in [0.2, 0.25) is 0 Å². The topological polar surface area (TPSA) is 62.7 Å². The molecule has 1 aromatic heterocycles. The zero-order valence-corrected chi connectivity index (χ0v) is 12.7. The molecule has 1 aromatic carbocycles. The third-order valence-corrected chi connectivity index (χ3v) is 3.11. The number of halogens is 3. The lowest BCUT2D eigenvalue weighted by atomic mass is 10.2. The Bertz CT molecular complexity index is 613. The molecule has 0 atom stereocenters. The Morgan fingerprint density at radius 1 is 1.09 bits per heavy atom. The van der Waals surface area contributed by atoms with Gasteiger partial charge in [0.15, 0.2) is 5.82 Å². The fourth-order valence-electron chi connectivity index (χ4n) is 1.90. The first kappa shape index (κ1) is 17.0. The molecule has 1 heterocycles. The van der Waals surface area contributed by atoms with Crippen LogP contribution in [0.5, 0.6) is 0 Å². The molecular weight excluding hydrogens is 307 g/mol. The second kappa shape index (κ2) is 7.75. The van der Waals surface area contributed by atoms with Gasteiger partial charge in [-0.15, -0.1) is 5.10 Å². The molecule has 0 amide bonds. The van der Waals surface area contributed by atoms with Crippen molar-refractivity contribution in [2.24, 2.45) is 0 Å². The van der Waals surface area contributed by atoms with Crippen LogP contribution < -0.4 is 10.6 Å². The van der Waals surface area contributed by atoms with Crippen LogP contribution in [-0.4, -0.2) is 21.7 Å². The summed E-state index contributed by atoms with van der Waals surface area (Å²) in [6.07, 6.45) is 0.316. The molecule has 0 unspecified atom stereocenters. The van der Waals surface area contributed by atoms with Gasteiger partial charge in [-0.25, -0.2) is 0 Å². The molecule has 0 aliphatic heterocycles. The van der Waals surface area contributed by atoms with E-state index in [4.69, 9.17) is 0 Å². The van der Waals surface area contributed by atoms with Crippen molar-refractivity contribution in [3.8, 4) is 0 Å². The van der Waals surface area contributed by atoms with Gasteiger partial charge in [0.2, 0.25) is 5.95 Å². The van der Waals surface area contributed by atoms with Crippen LogP contribution in [0.25, 0.3) is 0 Å². The summed E-state index contributed by atoms with van der Waals surface area (Å²) in [6, 6.07) is 4.72. The molecule has 2 rings (SSSR count). The maximum atomic E-state index is 12.5. The maximum Gasteiger partial charge on any atom is 0.416 e. The largest absolute Gasteiger partial charge is 0.416 e. The Morgan fingerprint density at radius 2 is 1.83 bits per heavy atom. The molecule has 0 radical (unpaired) electrons. The standard InChI is InChI=1S/C15H18F3N5/c1-2-3-4-9-19-14-22-13(10-20-23-14)21-12-7-5-11(6-8-12)15(16,17)18/h5-8,10H,2-4,9H2,1H3,(H2,19,21,22,23). The molecular formula is C15H18F3N5. The van der Waals surface area contributed by atoms with Gasteiger partial charge in [-0.05, 0) is 30.7 Å². The minimum Gasteiger partial charge on any atom is -0.353 e. The van der Waals surface area contributed by atoms with E-state index in [1.807, 2.05) is 0 Å². The number of alkyl halides is 3. The number of rotatable bonds is 7. The summed E-state index contributed by atoms with van der Waals surface area (Å²) in [6.45, 7) is 2.87. The predicted octanol–water partition coefficient (Wildman–Crippen LogP) is 4.24. The summed E-state index contributed by atoms with van der Waals surface area (Å²) in [5.41, 5.74) is -0.197. The zero-order chi connectivity index (χ0) is 16.7. The Hall–Kier alpha value is -2.38. The fourth-order valence-corrected chi connectivity index (χ4v) is 1.90. The molecule has 0 saturated heterocycles. The lowest BCUT2D eigenvalue weighted by Crippen LogP contribution is -2.08. The highest BCUT2D eigenvalue weighted by atomic mass is 19.4. The van der Waals surface area contributed by atoms with E-state index in [0.717, 1.165) is 37.9 Å². The number of hydrogen-bond donors (Lipinski definition) is 2. The second-order valence-corrected chi connectivity index (χ2v) is 5.00.